The number of carbonyl (C=O) groups is 1. The smallest absolute Gasteiger partial charge is 0.267 e. The zero-order valence-corrected chi connectivity index (χ0v) is 15.1. The van der Waals surface area contributed by atoms with Gasteiger partial charge in [-0.25, -0.2) is 13.8 Å². The van der Waals surface area contributed by atoms with Crippen LogP contribution >= 0.6 is 0 Å². The fourth-order valence-electron chi connectivity index (χ4n) is 3.17. The van der Waals surface area contributed by atoms with Gasteiger partial charge in [0.2, 0.25) is 5.91 Å². The summed E-state index contributed by atoms with van der Waals surface area (Å²) < 4.78 is 15.8. The number of anilines is 1. The third-order valence-corrected chi connectivity index (χ3v) is 4.70. The molecule has 0 radical (unpaired) electrons. The molecule has 0 saturated carbocycles. The summed E-state index contributed by atoms with van der Waals surface area (Å²) in [6.45, 7) is 2.23. The van der Waals surface area contributed by atoms with Crippen molar-refractivity contribution >= 4 is 11.6 Å². The Morgan fingerprint density at radius 1 is 1.04 bits per heavy atom. The standard InChI is InChI=1S/C19H19FN6O2/c20-15-2-4-16(5-3-15)23-10-12-24(13-11-23)19(28)14-26-18(27)7-6-17(22-26)25-9-1-8-21-25/h1-9H,10-14H2. The number of hydrogen-bond donors (Lipinski definition) is 0. The summed E-state index contributed by atoms with van der Waals surface area (Å²) in [6.07, 6.45) is 3.33. The van der Waals surface area contributed by atoms with Crippen molar-refractivity contribution < 1.29 is 9.18 Å². The normalized spacial score (nSPS) is 14.3. The predicted molar refractivity (Wildman–Crippen MR) is 101 cm³/mol. The van der Waals surface area contributed by atoms with Gasteiger partial charge in [0, 0.05) is 50.3 Å². The molecule has 2 aromatic heterocycles. The molecule has 0 spiro atoms. The molecule has 28 heavy (non-hydrogen) atoms. The number of nitrogens with zero attached hydrogens (tertiary/aromatic N) is 6. The van der Waals surface area contributed by atoms with Gasteiger partial charge in [-0.05, 0) is 36.4 Å². The predicted octanol–water partition coefficient (Wildman–Crippen LogP) is 0.917. The van der Waals surface area contributed by atoms with E-state index < -0.39 is 0 Å². The molecule has 0 atom stereocenters. The number of amides is 1. The Balaban J connectivity index is 1.40. The van der Waals surface area contributed by atoms with Crippen LogP contribution in [0.3, 0.4) is 0 Å². The highest BCUT2D eigenvalue weighted by molar-refractivity contribution is 5.76. The van der Waals surface area contributed by atoms with Crippen LogP contribution in [-0.4, -0.2) is 56.5 Å². The summed E-state index contributed by atoms with van der Waals surface area (Å²) >= 11 is 0. The Bertz CT molecular complexity index is 1010. The minimum absolute atomic E-state index is 0.121. The molecule has 1 saturated heterocycles. The van der Waals surface area contributed by atoms with Crippen molar-refractivity contribution in [3.8, 4) is 5.82 Å². The molecule has 3 aromatic rings. The number of rotatable bonds is 4. The molecule has 0 aliphatic carbocycles. The van der Waals surface area contributed by atoms with Crippen LogP contribution in [0.1, 0.15) is 0 Å². The van der Waals surface area contributed by atoms with Gasteiger partial charge < -0.3 is 9.80 Å². The molecule has 1 aliphatic rings. The Kier molecular flexibility index (Phi) is 4.88. The first-order valence-electron chi connectivity index (χ1n) is 8.97. The van der Waals surface area contributed by atoms with Crippen molar-refractivity contribution in [3.63, 3.8) is 0 Å². The maximum absolute atomic E-state index is 13.1. The fourth-order valence-corrected chi connectivity index (χ4v) is 3.17. The van der Waals surface area contributed by atoms with E-state index in [-0.39, 0.29) is 23.8 Å². The summed E-state index contributed by atoms with van der Waals surface area (Å²) in [6, 6.07) is 11.0. The van der Waals surface area contributed by atoms with E-state index in [4.69, 9.17) is 0 Å². The summed E-state index contributed by atoms with van der Waals surface area (Å²) in [4.78, 5) is 28.5. The molecule has 8 nitrogen and oxygen atoms in total. The average molecular weight is 382 g/mol. The lowest BCUT2D eigenvalue weighted by Gasteiger charge is -2.36. The van der Waals surface area contributed by atoms with E-state index in [0.717, 1.165) is 10.4 Å². The van der Waals surface area contributed by atoms with Gasteiger partial charge in [0.15, 0.2) is 5.82 Å². The van der Waals surface area contributed by atoms with Crippen LogP contribution in [-0.2, 0) is 11.3 Å². The number of aromatic nitrogens is 4. The molecule has 1 aliphatic heterocycles. The Labute approximate surface area is 160 Å². The summed E-state index contributed by atoms with van der Waals surface area (Å²) in [7, 11) is 0. The van der Waals surface area contributed by atoms with Crippen molar-refractivity contribution in [1.29, 1.82) is 0 Å². The number of piperazine rings is 1. The topological polar surface area (TPSA) is 76.3 Å². The first-order chi connectivity index (χ1) is 13.6. The minimum Gasteiger partial charge on any atom is -0.368 e. The van der Waals surface area contributed by atoms with Crippen LogP contribution in [0.2, 0.25) is 0 Å². The van der Waals surface area contributed by atoms with Gasteiger partial charge in [0.1, 0.15) is 12.4 Å². The monoisotopic (exact) mass is 382 g/mol. The van der Waals surface area contributed by atoms with Crippen LogP contribution in [0.4, 0.5) is 10.1 Å². The van der Waals surface area contributed by atoms with Gasteiger partial charge in [0.05, 0.1) is 0 Å². The summed E-state index contributed by atoms with van der Waals surface area (Å²) in [5.41, 5.74) is 0.590. The van der Waals surface area contributed by atoms with E-state index in [9.17, 15) is 14.0 Å². The zero-order chi connectivity index (χ0) is 19.5. The quantitative estimate of drug-likeness (QED) is 0.671. The average Bonchev–Trinajstić information content (AvgIpc) is 3.25. The van der Waals surface area contributed by atoms with Crippen LogP contribution in [0, 0.1) is 5.82 Å². The first-order valence-corrected chi connectivity index (χ1v) is 8.97. The molecule has 1 aromatic carbocycles. The lowest BCUT2D eigenvalue weighted by Crippen LogP contribution is -2.50. The summed E-state index contributed by atoms with van der Waals surface area (Å²) in [5.74, 6) is 0.0392. The third kappa shape index (κ3) is 3.78. The highest BCUT2D eigenvalue weighted by atomic mass is 19.1. The van der Waals surface area contributed by atoms with E-state index in [2.05, 4.69) is 15.1 Å². The maximum atomic E-state index is 13.1. The van der Waals surface area contributed by atoms with Gasteiger partial charge in [-0.1, -0.05) is 0 Å². The van der Waals surface area contributed by atoms with Crippen molar-refractivity contribution in [2.45, 2.75) is 6.54 Å². The largest absolute Gasteiger partial charge is 0.368 e. The van der Waals surface area contributed by atoms with Crippen molar-refractivity contribution in [2.75, 3.05) is 31.1 Å². The number of carbonyl (C=O) groups excluding carboxylic acids is 1. The van der Waals surface area contributed by atoms with E-state index >= 15 is 0 Å². The number of hydrogen-bond acceptors (Lipinski definition) is 5. The molecular weight excluding hydrogens is 363 g/mol. The molecule has 144 valence electrons. The second kappa shape index (κ2) is 7.63. The highest BCUT2D eigenvalue weighted by Gasteiger charge is 2.22. The molecule has 1 amide bonds. The molecule has 3 heterocycles. The lowest BCUT2D eigenvalue weighted by molar-refractivity contribution is -0.132. The van der Waals surface area contributed by atoms with Crippen molar-refractivity contribution in [2.24, 2.45) is 0 Å². The van der Waals surface area contributed by atoms with Crippen LogP contribution in [0.5, 0.6) is 0 Å². The van der Waals surface area contributed by atoms with Gasteiger partial charge in [-0.2, -0.15) is 5.10 Å². The minimum atomic E-state index is -0.339. The van der Waals surface area contributed by atoms with Crippen LogP contribution in [0.25, 0.3) is 5.82 Å². The Morgan fingerprint density at radius 3 is 2.46 bits per heavy atom. The molecule has 0 N–H and O–H groups in total. The van der Waals surface area contributed by atoms with Gasteiger partial charge >= 0.3 is 0 Å². The summed E-state index contributed by atoms with van der Waals surface area (Å²) in [5, 5.41) is 8.31. The van der Waals surface area contributed by atoms with Gasteiger partial charge in [0.25, 0.3) is 5.56 Å². The maximum Gasteiger partial charge on any atom is 0.267 e. The molecule has 0 unspecified atom stereocenters. The lowest BCUT2D eigenvalue weighted by atomic mass is 10.2. The van der Waals surface area contributed by atoms with Crippen molar-refractivity contribution in [3.05, 3.63) is 71.0 Å². The fraction of sp³-hybridized carbons (Fsp3) is 0.263. The Hall–Kier alpha value is -3.49. The molecule has 1 fully saturated rings. The SMILES string of the molecule is O=C(Cn1nc(-n2cccn2)ccc1=O)N1CCN(c2ccc(F)cc2)CC1. The Morgan fingerprint density at radius 2 is 1.79 bits per heavy atom. The molecule has 4 rings (SSSR count). The number of halogens is 1. The second-order valence-electron chi connectivity index (χ2n) is 6.48. The zero-order valence-electron chi connectivity index (χ0n) is 15.1. The second-order valence-corrected chi connectivity index (χ2v) is 6.48. The van der Waals surface area contributed by atoms with E-state index in [1.807, 2.05) is 0 Å². The van der Waals surface area contributed by atoms with Gasteiger partial charge in [-0.3, -0.25) is 9.59 Å². The molecule has 9 heteroatoms. The number of benzene rings is 1. The van der Waals surface area contributed by atoms with Crippen molar-refractivity contribution in [1.82, 2.24) is 24.5 Å². The highest BCUT2D eigenvalue weighted by Crippen LogP contribution is 2.17. The molecular formula is C19H19FN6O2. The third-order valence-electron chi connectivity index (χ3n) is 4.70. The first kappa shape index (κ1) is 17.9. The van der Waals surface area contributed by atoms with Crippen LogP contribution in [0.15, 0.2) is 59.7 Å². The van der Waals surface area contributed by atoms with E-state index in [1.165, 1.54) is 22.9 Å². The van der Waals surface area contributed by atoms with Crippen LogP contribution < -0.4 is 10.5 Å². The van der Waals surface area contributed by atoms with E-state index in [1.54, 1.807) is 41.6 Å². The van der Waals surface area contributed by atoms with Gasteiger partial charge in [-0.15, -0.1) is 5.10 Å². The van der Waals surface area contributed by atoms with E-state index in [0.29, 0.717) is 32.0 Å². The molecule has 0 bridgehead atoms.